The van der Waals surface area contributed by atoms with Gasteiger partial charge in [-0.1, -0.05) is 0 Å². The number of piperidine rings is 1. The molecule has 0 atom stereocenters. The molecule has 0 spiro atoms. The van der Waals surface area contributed by atoms with Crippen molar-refractivity contribution in [1.29, 1.82) is 0 Å². The van der Waals surface area contributed by atoms with E-state index in [1.54, 1.807) is 0 Å². The number of carbonyl (C=O) groups is 1. The molecule has 2 aliphatic rings. The average molecular weight is 214 g/mol. The van der Waals surface area contributed by atoms with Crippen LogP contribution in [0.15, 0.2) is 0 Å². The largest absolute Gasteiger partial charge is 0.377 e. The molecule has 0 bridgehead atoms. The highest BCUT2D eigenvalue weighted by molar-refractivity contribution is 5.77. The Morgan fingerprint density at radius 3 is 2.73 bits per heavy atom. The van der Waals surface area contributed by atoms with Gasteiger partial charge in [0.15, 0.2) is 0 Å². The molecule has 2 rings (SSSR count). The minimum absolute atomic E-state index is 0.0261. The molecule has 0 unspecified atom stereocenters. The third-order valence-electron chi connectivity index (χ3n) is 2.74. The second kappa shape index (κ2) is 5.44. The molecule has 0 aromatic rings. The van der Waals surface area contributed by atoms with Gasteiger partial charge in [0.2, 0.25) is 5.91 Å². The normalized spacial score (nSPS) is 23.5. The lowest BCUT2D eigenvalue weighted by Gasteiger charge is -2.27. The summed E-state index contributed by atoms with van der Waals surface area (Å²) < 4.78 is 10.5. The fourth-order valence-corrected chi connectivity index (χ4v) is 1.74. The van der Waals surface area contributed by atoms with Crippen LogP contribution in [-0.4, -0.2) is 51.0 Å². The Morgan fingerprint density at radius 1 is 1.40 bits per heavy atom. The van der Waals surface area contributed by atoms with E-state index in [1.165, 1.54) is 0 Å². The highest BCUT2D eigenvalue weighted by Gasteiger charge is 2.21. The molecule has 0 saturated carbocycles. The van der Waals surface area contributed by atoms with Gasteiger partial charge in [0.1, 0.15) is 6.61 Å². The first-order valence-electron chi connectivity index (χ1n) is 5.54. The summed E-state index contributed by atoms with van der Waals surface area (Å²) in [4.78, 5) is 11.4. The number of rotatable bonds is 4. The van der Waals surface area contributed by atoms with Gasteiger partial charge in [-0.15, -0.1) is 0 Å². The lowest BCUT2D eigenvalue weighted by atomic mass is 10.1. The van der Waals surface area contributed by atoms with Gasteiger partial charge in [0.05, 0.1) is 25.4 Å². The van der Waals surface area contributed by atoms with Crippen molar-refractivity contribution in [1.82, 2.24) is 10.6 Å². The van der Waals surface area contributed by atoms with Gasteiger partial charge >= 0.3 is 0 Å². The van der Waals surface area contributed by atoms with E-state index in [4.69, 9.17) is 9.47 Å². The summed E-state index contributed by atoms with van der Waals surface area (Å²) >= 11 is 0. The molecule has 2 aliphatic heterocycles. The molecule has 2 saturated heterocycles. The molecule has 2 heterocycles. The zero-order chi connectivity index (χ0) is 10.5. The summed E-state index contributed by atoms with van der Waals surface area (Å²) in [5.74, 6) is -0.0261. The Kier molecular flexibility index (Phi) is 3.94. The third kappa shape index (κ3) is 3.44. The van der Waals surface area contributed by atoms with Gasteiger partial charge in [-0.05, 0) is 25.9 Å². The second-order valence-electron chi connectivity index (χ2n) is 4.06. The minimum Gasteiger partial charge on any atom is -0.377 e. The predicted octanol–water partition coefficient (Wildman–Crippen LogP) is -0.730. The Morgan fingerprint density at radius 2 is 2.13 bits per heavy atom. The highest BCUT2D eigenvalue weighted by atomic mass is 16.5. The summed E-state index contributed by atoms with van der Waals surface area (Å²) in [7, 11) is 0. The molecular weight excluding hydrogens is 196 g/mol. The van der Waals surface area contributed by atoms with Gasteiger partial charge in [0, 0.05) is 0 Å². The summed E-state index contributed by atoms with van der Waals surface area (Å²) in [6.45, 7) is 3.44. The minimum atomic E-state index is -0.0261. The molecule has 86 valence electrons. The van der Waals surface area contributed by atoms with E-state index in [-0.39, 0.29) is 24.7 Å². The number of hydrogen-bond donors (Lipinski definition) is 2. The first-order chi connectivity index (χ1) is 7.34. The molecule has 1 amide bonds. The Balaban J connectivity index is 1.57. The van der Waals surface area contributed by atoms with Crippen LogP contribution in [0.25, 0.3) is 0 Å². The molecule has 15 heavy (non-hydrogen) atoms. The van der Waals surface area contributed by atoms with Crippen LogP contribution >= 0.6 is 0 Å². The van der Waals surface area contributed by atoms with Crippen LogP contribution in [-0.2, 0) is 14.3 Å². The number of nitrogens with one attached hydrogen (secondary N) is 2. The number of amides is 1. The molecule has 0 radical (unpaired) electrons. The fourth-order valence-electron chi connectivity index (χ4n) is 1.74. The van der Waals surface area contributed by atoms with Crippen LogP contribution in [0.1, 0.15) is 12.8 Å². The van der Waals surface area contributed by atoms with Crippen molar-refractivity contribution < 1.29 is 14.3 Å². The van der Waals surface area contributed by atoms with Crippen molar-refractivity contribution in [2.75, 3.05) is 32.9 Å². The summed E-state index contributed by atoms with van der Waals surface area (Å²) in [5.41, 5.74) is 0. The van der Waals surface area contributed by atoms with Gasteiger partial charge in [-0.3, -0.25) is 4.79 Å². The van der Waals surface area contributed by atoms with E-state index in [9.17, 15) is 4.79 Å². The first-order valence-corrected chi connectivity index (χ1v) is 5.54. The maximum absolute atomic E-state index is 11.4. The maximum Gasteiger partial charge on any atom is 0.246 e. The van der Waals surface area contributed by atoms with Crippen LogP contribution in [0.2, 0.25) is 0 Å². The molecule has 0 aromatic carbocycles. The number of ether oxygens (including phenoxy) is 2. The van der Waals surface area contributed by atoms with Crippen LogP contribution in [0, 0.1) is 0 Å². The summed E-state index contributed by atoms with van der Waals surface area (Å²) in [6.07, 6.45) is 2.24. The molecular formula is C10H18N2O3. The molecule has 2 N–H and O–H groups in total. The zero-order valence-corrected chi connectivity index (χ0v) is 8.83. The average Bonchev–Trinajstić information content (AvgIpc) is 2.22. The van der Waals surface area contributed by atoms with E-state index >= 15 is 0 Å². The van der Waals surface area contributed by atoms with Gasteiger partial charge in [-0.2, -0.15) is 0 Å². The van der Waals surface area contributed by atoms with Crippen LogP contribution in [0.4, 0.5) is 0 Å². The fraction of sp³-hybridized carbons (Fsp3) is 0.900. The van der Waals surface area contributed by atoms with E-state index in [0.717, 1.165) is 25.9 Å². The van der Waals surface area contributed by atoms with Crippen molar-refractivity contribution >= 4 is 5.91 Å². The summed E-state index contributed by atoms with van der Waals surface area (Å²) in [6, 6.07) is 0.203. The molecule has 0 aliphatic carbocycles. The van der Waals surface area contributed by atoms with Crippen molar-refractivity contribution in [3.8, 4) is 0 Å². The molecule has 5 nitrogen and oxygen atoms in total. The van der Waals surface area contributed by atoms with E-state index < -0.39 is 0 Å². The SMILES string of the molecule is O=C(COC1CCNCC1)NC1COC1. The number of hydrogen-bond acceptors (Lipinski definition) is 4. The molecule has 0 aromatic heterocycles. The first kappa shape index (κ1) is 10.9. The van der Waals surface area contributed by atoms with Gasteiger partial charge < -0.3 is 20.1 Å². The quantitative estimate of drug-likeness (QED) is 0.648. The highest BCUT2D eigenvalue weighted by Crippen LogP contribution is 2.06. The monoisotopic (exact) mass is 214 g/mol. The topological polar surface area (TPSA) is 59.6 Å². The maximum atomic E-state index is 11.4. The van der Waals surface area contributed by atoms with Crippen LogP contribution < -0.4 is 10.6 Å². The Labute approximate surface area is 89.5 Å². The van der Waals surface area contributed by atoms with Crippen molar-refractivity contribution in [3.63, 3.8) is 0 Å². The van der Waals surface area contributed by atoms with Crippen LogP contribution in [0.5, 0.6) is 0 Å². The molecule has 2 fully saturated rings. The smallest absolute Gasteiger partial charge is 0.246 e. The van der Waals surface area contributed by atoms with Crippen molar-refractivity contribution in [2.24, 2.45) is 0 Å². The summed E-state index contributed by atoms with van der Waals surface area (Å²) in [5, 5.41) is 6.11. The second-order valence-corrected chi connectivity index (χ2v) is 4.06. The van der Waals surface area contributed by atoms with Gasteiger partial charge in [-0.25, -0.2) is 0 Å². The van der Waals surface area contributed by atoms with E-state index in [0.29, 0.717) is 13.2 Å². The Bertz CT molecular complexity index is 213. The lowest BCUT2D eigenvalue weighted by molar-refractivity contribution is -0.132. The van der Waals surface area contributed by atoms with E-state index in [2.05, 4.69) is 10.6 Å². The lowest BCUT2D eigenvalue weighted by Crippen LogP contribution is -2.50. The molecule has 5 heteroatoms. The standard InChI is InChI=1S/C10H18N2O3/c13-10(12-8-5-14-6-8)7-15-9-1-3-11-4-2-9/h8-9,11H,1-7H2,(H,12,13). The van der Waals surface area contributed by atoms with E-state index in [1.807, 2.05) is 0 Å². The zero-order valence-electron chi connectivity index (χ0n) is 8.83. The van der Waals surface area contributed by atoms with Gasteiger partial charge in [0.25, 0.3) is 0 Å². The number of carbonyl (C=O) groups excluding carboxylic acids is 1. The Hall–Kier alpha value is -0.650. The third-order valence-corrected chi connectivity index (χ3v) is 2.74. The van der Waals surface area contributed by atoms with Crippen molar-refractivity contribution in [2.45, 2.75) is 25.0 Å². The van der Waals surface area contributed by atoms with Crippen LogP contribution in [0.3, 0.4) is 0 Å². The van der Waals surface area contributed by atoms with Crippen molar-refractivity contribution in [3.05, 3.63) is 0 Å². The predicted molar refractivity (Wildman–Crippen MR) is 54.6 cm³/mol.